The lowest BCUT2D eigenvalue weighted by molar-refractivity contribution is 0.0713. The summed E-state index contributed by atoms with van der Waals surface area (Å²) in [4.78, 5) is 28.2. The molecule has 0 spiro atoms. The zero-order valence-corrected chi connectivity index (χ0v) is 11.5. The smallest absolute Gasteiger partial charge is 0.450 e. The number of carboxylic acid groups (broad SMARTS) is 2. The third kappa shape index (κ3) is 4.56. The number of nitrogens with one attached hydrogen (secondary N) is 1. The van der Waals surface area contributed by atoms with E-state index < -0.39 is 17.6 Å². The first-order valence-electron chi connectivity index (χ1n) is 5.87. The van der Waals surface area contributed by atoms with Crippen LogP contribution in [0.4, 0.5) is 9.59 Å². The van der Waals surface area contributed by atoms with Crippen molar-refractivity contribution in [1.82, 2.24) is 9.97 Å². The summed E-state index contributed by atoms with van der Waals surface area (Å²) in [5, 5.41) is 17.0. The highest BCUT2D eigenvalue weighted by Gasteiger charge is 2.18. The molecule has 9 heteroatoms. The summed E-state index contributed by atoms with van der Waals surface area (Å²) < 4.78 is 8.93. The van der Waals surface area contributed by atoms with Gasteiger partial charge in [0.2, 0.25) is 0 Å². The number of thioether (sulfide) groups is 1. The van der Waals surface area contributed by atoms with E-state index in [4.69, 9.17) is 10.2 Å². The van der Waals surface area contributed by atoms with Crippen LogP contribution >= 0.6 is 11.8 Å². The predicted octanol–water partition coefficient (Wildman–Crippen LogP) is 2.41. The van der Waals surface area contributed by atoms with E-state index in [1.54, 1.807) is 0 Å². The standard InChI is InChI=1S/C12H12N2O6S/c15-11(16)19-5-7(6-20-12(17)18)21-10-13-8-3-1-2-4-9(8)14-10/h1-4,7H,5-6H2,(H,13,14)(H,15,16)(H,17,18). The average molecular weight is 312 g/mol. The van der Waals surface area contributed by atoms with Crippen molar-refractivity contribution in [2.75, 3.05) is 13.2 Å². The molecule has 1 aromatic heterocycles. The second-order valence-corrected chi connectivity index (χ2v) is 5.24. The molecule has 112 valence electrons. The monoisotopic (exact) mass is 312 g/mol. The Kier molecular flexibility index (Phi) is 4.88. The van der Waals surface area contributed by atoms with Crippen molar-refractivity contribution in [1.29, 1.82) is 0 Å². The Balaban J connectivity index is 2.04. The highest BCUT2D eigenvalue weighted by Crippen LogP contribution is 2.24. The van der Waals surface area contributed by atoms with Gasteiger partial charge in [-0.05, 0) is 12.1 Å². The third-order valence-corrected chi connectivity index (χ3v) is 3.45. The Morgan fingerprint density at radius 1 is 1.19 bits per heavy atom. The van der Waals surface area contributed by atoms with E-state index in [1.165, 1.54) is 0 Å². The summed E-state index contributed by atoms with van der Waals surface area (Å²) >= 11 is 1.16. The number of para-hydroxylation sites is 2. The zero-order valence-electron chi connectivity index (χ0n) is 10.7. The van der Waals surface area contributed by atoms with Gasteiger partial charge in [0.15, 0.2) is 5.16 Å². The quantitative estimate of drug-likeness (QED) is 0.549. The van der Waals surface area contributed by atoms with Crippen LogP contribution in [0.15, 0.2) is 29.4 Å². The van der Waals surface area contributed by atoms with Crippen LogP contribution in [0.1, 0.15) is 0 Å². The van der Waals surface area contributed by atoms with E-state index in [0.29, 0.717) is 5.16 Å². The molecule has 0 aliphatic rings. The molecule has 0 unspecified atom stereocenters. The van der Waals surface area contributed by atoms with Crippen LogP contribution in [0.3, 0.4) is 0 Å². The fraction of sp³-hybridized carbons (Fsp3) is 0.250. The van der Waals surface area contributed by atoms with Crippen molar-refractivity contribution in [2.24, 2.45) is 0 Å². The molecule has 0 atom stereocenters. The first-order valence-corrected chi connectivity index (χ1v) is 6.75. The normalized spacial score (nSPS) is 10.7. The number of H-pyrrole nitrogens is 1. The van der Waals surface area contributed by atoms with Gasteiger partial charge in [-0.15, -0.1) is 0 Å². The molecule has 0 amide bonds. The van der Waals surface area contributed by atoms with Crippen LogP contribution < -0.4 is 0 Å². The van der Waals surface area contributed by atoms with Crippen LogP contribution in [0.25, 0.3) is 11.0 Å². The van der Waals surface area contributed by atoms with Gasteiger partial charge in [0.1, 0.15) is 13.2 Å². The summed E-state index contributed by atoms with van der Waals surface area (Å²) in [7, 11) is 0. The maximum atomic E-state index is 10.4. The van der Waals surface area contributed by atoms with Gasteiger partial charge in [-0.2, -0.15) is 0 Å². The number of fused-ring (bicyclic) bond motifs is 1. The Morgan fingerprint density at radius 2 is 1.81 bits per heavy atom. The van der Waals surface area contributed by atoms with Crippen molar-refractivity contribution in [3.05, 3.63) is 24.3 Å². The first kappa shape index (κ1) is 15.0. The Labute approximate surface area is 123 Å². The molecule has 1 aromatic carbocycles. The summed E-state index contributed by atoms with van der Waals surface area (Å²) in [5.41, 5.74) is 1.59. The largest absolute Gasteiger partial charge is 0.505 e. The van der Waals surface area contributed by atoms with E-state index in [1.807, 2.05) is 24.3 Å². The number of imidazole rings is 1. The highest BCUT2D eigenvalue weighted by molar-refractivity contribution is 7.99. The lowest BCUT2D eigenvalue weighted by atomic mass is 10.3. The predicted molar refractivity (Wildman–Crippen MR) is 73.7 cm³/mol. The second-order valence-electron chi connectivity index (χ2n) is 3.95. The Bertz CT molecular complexity index is 592. The molecule has 0 bridgehead atoms. The number of nitrogens with zero attached hydrogens (tertiary/aromatic N) is 1. The molecule has 0 aliphatic heterocycles. The molecule has 8 nitrogen and oxygen atoms in total. The van der Waals surface area contributed by atoms with Crippen molar-refractivity contribution in [2.45, 2.75) is 10.4 Å². The van der Waals surface area contributed by atoms with E-state index >= 15 is 0 Å². The van der Waals surface area contributed by atoms with Crippen molar-refractivity contribution in [3.63, 3.8) is 0 Å². The Hall–Kier alpha value is -2.42. The molecule has 0 saturated heterocycles. The lowest BCUT2D eigenvalue weighted by Crippen LogP contribution is -2.22. The maximum Gasteiger partial charge on any atom is 0.505 e. The molecule has 2 aromatic rings. The van der Waals surface area contributed by atoms with Gasteiger partial charge in [0, 0.05) is 0 Å². The van der Waals surface area contributed by atoms with Crippen molar-refractivity contribution >= 4 is 35.1 Å². The van der Waals surface area contributed by atoms with Crippen molar-refractivity contribution < 1.29 is 29.3 Å². The highest BCUT2D eigenvalue weighted by atomic mass is 32.2. The number of hydrogen-bond donors (Lipinski definition) is 3. The van der Waals surface area contributed by atoms with Crippen molar-refractivity contribution in [3.8, 4) is 0 Å². The molecule has 0 radical (unpaired) electrons. The number of aromatic amines is 1. The first-order chi connectivity index (χ1) is 10.0. The van der Waals surface area contributed by atoms with Gasteiger partial charge in [-0.3, -0.25) is 0 Å². The van der Waals surface area contributed by atoms with E-state index in [-0.39, 0.29) is 13.2 Å². The van der Waals surface area contributed by atoms with E-state index in [0.717, 1.165) is 22.8 Å². The summed E-state index contributed by atoms with van der Waals surface area (Å²) in [5.74, 6) is 0. The van der Waals surface area contributed by atoms with Gasteiger partial charge >= 0.3 is 12.3 Å². The minimum absolute atomic E-state index is 0.204. The van der Waals surface area contributed by atoms with E-state index in [9.17, 15) is 9.59 Å². The molecule has 0 saturated carbocycles. The fourth-order valence-electron chi connectivity index (χ4n) is 1.59. The van der Waals surface area contributed by atoms with Gasteiger partial charge in [-0.1, -0.05) is 23.9 Å². The molecular formula is C12H12N2O6S. The summed E-state index contributed by atoms with van der Waals surface area (Å²) in [6, 6.07) is 7.37. The molecule has 2 rings (SSSR count). The molecule has 0 aliphatic carbocycles. The summed E-state index contributed by atoms with van der Waals surface area (Å²) in [6.07, 6.45) is -2.86. The van der Waals surface area contributed by atoms with Gasteiger partial charge in [-0.25, -0.2) is 14.6 Å². The minimum atomic E-state index is -1.43. The van der Waals surface area contributed by atoms with Gasteiger partial charge in [0.05, 0.1) is 16.3 Å². The maximum absolute atomic E-state index is 10.4. The van der Waals surface area contributed by atoms with E-state index in [2.05, 4.69) is 19.4 Å². The van der Waals surface area contributed by atoms with Crippen LogP contribution in [-0.2, 0) is 9.47 Å². The number of ether oxygens (including phenoxy) is 2. The molecule has 3 N–H and O–H groups in total. The number of aromatic nitrogens is 2. The molecule has 21 heavy (non-hydrogen) atoms. The van der Waals surface area contributed by atoms with Crippen LogP contribution in [-0.4, -0.2) is 51.0 Å². The number of benzene rings is 1. The number of rotatable bonds is 6. The Morgan fingerprint density at radius 3 is 2.38 bits per heavy atom. The number of hydrogen-bond acceptors (Lipinski definition) is 6. The SMILES string of the molecule is O=C(O)OCC(COC(=O)O)Sc1nc2ccccc2[nH]1. The second kappa shape index (κ2) is 6.84. The minimum Gasteiger partial charge on any atom is -0.450 e. The molecule has 0 fully saturated rings. The van der Waals surface area contributed by atoms with Crippen LogP contribution in [0, 0.1) is 0 Å². The zero-order chi connectivity index (χ0) is 15.2. The van der Waals surface area contributed by atoms with Gasteiger partial charge in [0.25, 0.3) is 0 Å². The van der Waals surface area contributed by atoms with Gasteiger partial charge < -0.3 is 24.7 Å². The van der Waals surface area contributed by atoms with Crippen LogP contribution in [0.2, 0.25) is 0 Å². The molecular weight excluding hydrogens is 300 g/mol. The number of carbonyl (C=O) groups is 2. The average Bonchev–Trinajstić information content (AvgIpc) is 2.83. The third-order valence-electron chi connectivity index (χ3n) is 2.43. The summed E-state index contributed by atoms with van der Waals surface area (Å²) in [6.45, 7) is -0.408. The topological polar surface area (TPSA) is 122 Å². The fourth-order valence-corrected chi connectivity index (χ4v) is 2.50. The lowest BCUT2D eigenvalue weighted by Gasteiger charge is -2.13. The van der Waals surface area contributed by atoms with Crippen LogP contribution in [0.5, 0.6) is 0 Å². The molecule has 1 heterocycles.